The maximum absolute atomic E-state index is 5.24. The smallest absolute Gasteiger partial charge is 0.118 e. The van der Waals surface area contributed by atoms with Crippen LogP contribution in [-0.2, 0) is 6.42 Å². The monoisotopic (exact) mass is 324 g/mol. The molecule has 1 aromatic heterocycles. The lowest BCUT2D eigenvalue weighted by Crippen LogP contribution is -2.36. The average molecular weight is 324 g/mol. The number of pyridine rings is 1. The Kier molecular flexibility index (Phi) is 5.86. The summed E-state index contributed by atoms with van der Waals surface area (Å²) < 4.78 is 5.24. The fourth-order valence-corrected chi connectivity index (χ4v) is 3.65. The van der Waals surface area contributed by atoms with Gasteiger partial charge in [-0.2, -0.15) is 0 Å². The normalized spacial score (nSPS) is 17.6. The summed E-state index contributed by atoms with van der Waals surface area (Å²) in [6, 6.07) is 12.8. The van der Waals surface area contributed by atoms with E-state index in [1.165, 1.54) is 43.5 Å². The molecule has 0 aliphatic carbocycles. The molecule has 1 aromatic carbocycles. The van der Waals surface area contributed by atoms with Crippen molar-refractivity contribution in [1.82, 2.24) is 9.88 Å². The van der Waals surface area contributed by atoms with Crippen molar-refractivity contribution < 1.29 is 4.74 Å². The Morgan fingerprint density at radius 3 is 2.54 bits per heavy atom. The lowest BCUT2D eigenvalue weighted by atomic mass is 9.90. The van der Waals surface area contributed by atoms with Crippen molar-refractivity contribution in [3.63, 3.8) is 0 Å². The van der Waals surface area contributed by atoms with Gasteiger partial charge in [-0.3, -0.25) is 4.98 Å². The van der Waals surface area contributed by atoms with Gasteiger partial charge in [0.05, 0.1) is 7.11 Å². The molecule has 1 aliphatic heterocycles. The zero-order valence-corrected chi connectivity index (χ0v) is 14.8. The van der Waals surface area contributed by atoms with Gasteiger partial charge < -0.3 is 9.64 Å². The highest BCUT2D eigenvalue weighted by atomic mass is 16.5. The van der Waals surface area contributed by atoms with Crippen molar-refractivity contribution in [3.05, 3.63) is 59.9 Å². The SMILES string of the molecule is COc1ccc([C@H](C)CN2CCC(Cc3cccnc3)CC2)cc1. The van der Waals surface area contributed by atoms with Crippen LogP contribution in [0.5, 0.6) is 5.75 Å². The van der Waals surface area contributed by atoms with Gasteiger partial charge in [0.2, 0.25) is 0 Å². The summed E-state index contributed by atoms with van der Waals surface area (Å²) in [6.07, 6.45) is 7.63. The summed E-state index contributed by atoms with van der Waals surface area (Å²) in [7, 11) is 1.72. The van der Waals surface area contributed by atoms with Crippen molar-refractivity contribution in [3.8, 4) is 5.75 Å². The molecule has 0 unspecified atom stereocenters. The molecule has 2 aromatic rings. The number of rotatable bonds is 6. The maximum Gasteiger partial charge on any atom is 0.118 e. The maximum atomic E-state index is 5.24. The second-order valence-electron chi connectivity index (χ2n) is 6.98. The Morgan fingerprint density at radius 1 is 1.17 bits per heavy atom. The number of hydrogen-bond donors (Lipinski definition) is 0. The molecule has 0 spiro atoms. The summed E-state index contributed by atoms with van der Waals surface area (Å²) in [4.78, 5) is 6.85. The first-order chi connectivity index (χ1) is 11.7. The third-order valence-electron chi connectivity index (χ3n) is 5.17. The van der Waals surface area contributed by atoms with Crippen LogP contribution >= 0.6 is 0 Å². The molecule has 1 atom stereocenters. The summed E-state index contributed by atoms with van der Waals surface area (Å²) in [5, 5.41) is 0. The minimum absolute atomic E-state index is 0.561. The minimum atomic E-state index is 0.561. The van der Waals surface area contributed by atoms with Crippen molar-refractivity contribution >= 4 is 0 Å². The molecular weight excluding hydrogens is 296 g/mol. The van der Waals surface area contributed by atoms with Gasteiger partial charge >= 0.3 is 0 Å². The number of aromatic nitrogens is 1. The first-order valence-electron chi connectivity index (χ1n) is 9.00. The molecule has 24 heavy (non-hydrogen) atoms. The molecule has 1 saturated heterocycles. The van der Waals surface area contributed by atoms with Crippen LogP contribution < -0.4 is 4.74 Å². The quantitative estimate of drug-likeness (QED) is 0.798. The standard InChI is InChI=1S/C21H28N2O/c1-17(20-5-7-21(24-2)8-6-20)16-23-12-9-18(10-13-23)14-19-4-3-11-22-15-19/h3-8,11,15,17-18H,9-10,12-14,16H2,1-2H3/t17-/m1/s1. The number of ether oxygens (including phenoxy) is 1. The molecule has 128 valence electrons. The third-order valence-corrected chi connectivity index (χ3v) is 5.17. The van der Waals surface area contributed by atoms with Gasteiger partial charge in [-0.15, -0.1) is 0 Å². The van der Waals surface area contributed by atoms with Crippen LogP contribution in [0.4, 0.5) is 0 Å². The van der Waals surface area contributed by atoms with E-state index in [4.69, 9.17) is 4.74 Å². The van der Waals surface area contributed by atoms with Gasteiger partial charge in [-0.05, 0) is 73.5 Å². The van der Waals surface area contributed by atoms with Gasteiger partial charge in [-0.1, -0.05) is 25.1 Å². The topological polar surface area (TPSA) is 25.4 Å². The average Bonchev–Trinajstić information content (AvgIpc) is 2.64. The predicted octanol–water partition coefficient (Wildman–Crippen LogP) is 4.15. The van der Waals surface area contributed by atoms with Crippen LogP contribution in [0.3, 0.4) is 0 Å². The second-order valence-corrected chi connectivity index (χ2v) is 6.98. The molecule has 3 heteroatoms. The van der Waals surface area contributed by atoms with E-state index in [9.17, 15) is 0 Å². The molecule has 0 bridgehead atoms. The predicted molar refractivity (Wildman–Crippen MR) is 98.5 cm³/mol. The molecule has 0 amide bonds. The summed E-state index contributed by atoms with van der Waals surface area (Å²) in [5.74, 6) is 2.30. The lowest BCUT2D eigenvalue weighted by Gasteiger charge is -2.33. The summed E-state index contributed by atoms with van der Waals surface area (Å²) in [6.45, 7) is 5.90. The number of piperidine rings is 1. The lowest BCUT2D eigenvalue weighted by molar-refractivity contribution is 0.177. The Morgan fingerprint density at radius 2 is 1.92 bits per heavy atom. The molecule has 1 aliphatic rings. The van der Waals surface area contributed by atoms with Crippen LogP contribution in [0.2, 0.25) is 0 Å². The zero-order valence-electron chi connectivity index (χ0n) is 14.8. The van der Waals surface area contributed by atoms with Crippen LogP contribution in [0.1, 0.15) is 36.8 Å². The van der Waals surface area contributed by atoms with E-state index in [1.807, 2.05) is 18.5 Å². The van der Waals surface area contributed by atoms with E-state index < -0.39 is 0 Å². The number of hydrogen-bond acceptors (Lipinski definition) is 3. The van der Waals surface area contributed by atoms with Crippen LogP contribution in [0, 0.1) is 5.92 Å². The number of benzene rings is 1. The highest BCUT2D eigenvalue weighted by Gasteiger charge is 2.21. The second kappa shape index (κ2) is 8.29. The molecule has 3 nitrogen and oxygen atoms in total. The number of methoxy groups -OCH3 is 1. The Labute approximate surface area is 145 Å². The molecule has 0 radical (unpaired) electrons. The molecule has 2 heterocycles. The van der Waals surface area contributed by atoms with Gasteiger partial charge in [0.15, 0.2) is 0 Å². The van der Waals surface area contributed by atoms with Crippen LogP contribution in [0.25, 0.3) is 0 Å². The van der Waals surface area contributed by atoms with Crippen LogP contribution in [-0.4, -0.2) is 36.6 Å². The Balaban J connectivity index is 1.46. The van der Waals surface area contributed by atoms with Gasteiger partial charge in [0.1, 0.15) is 5.75 Å². The van der Waals surface area contributed by atoms with Gasteiger partial charge in [-0.25, -0.2) is 0 Å². The van der Waals surface area contributed by atoms with Gasteiger partial charge in [0, 0.05) is 18.9 Å². The third kappa shape index (κ3) is 4.57. The van der Waals surface area contributed by atoms with E-state index in [2.05, 4.69) is 47.1 Å². The van der Waals surface area contributed by atoms with Crippen molar-refractivity contribution in [2.45, 2.75) is 32.1 Å². The van der Waals surface area contributed by atoms with Crippen molar-refractivity contribution in [2.24, 2.45) is 5.92 Å². The molecule has 3 rings (SSSR count). The molecular formula is C21H28N2O. The fraction of sp³-hybridized carbons (Fsp3) is 0.476. The molecule has 0 N–H and O–H groups in total. The van der Waals surface area contributed by atoms with E-state index in [0.717, 1.165) is 18.2 Å². The van der Waals surface area contributed by atoms with Gasteiger partial charge in [0.25, 0.3) is 0 Å². The minimum Gasteiger partial charge on any atom is -0.497 e. The first kappa shape index (κ1) is 17.0. The highest BCUT2D eigenvalue weighted by molar-refractivity contribution is 5.29. The highest BCUT2D eigenvalue weighted by Crippen LogP contribution is 2.25. The first-order valence-corrected chi connectivity index (χ1v) is 9.00. The summed E-state index contributed by atoms with van der Waals surface area (Å²) >= 11 is 0. The van der Waals surface area contributed by atoms with Crippen molar-refractivity contribution in [1.29, 1.82) is 0 Å². The van der Waals surface area contributed by atoms with E-state index in [0.29, 0.717) is 5.92 Å². The largest absolute Gasteiger partial charge is 0.497 e. The summed E-state index contributed by atoms with van der Waals surface area (Å²) in [5.41, 5.74) is 2.77. The fourth-order valence-electron chi connectivity index (χ4n) is 3.65. The molecule has 1 fully saturated rings. The van der Waals surface area contributed by atoms with Crippen molar-refractivity contribution in [2.75, 3.05) is 26.7 Å². The van der Waals surface area contributed by atoms with E-state index in [1.54, 1.807) is 7.11 Å². The number of nitrogens with zero attached hydrogens (tertiary/aromatic N) is 2. The Hall–Kier alpha value is -1.87. The Bertz CT molecular complexity index is 603. The molecule has 0 saturated carbocycles. The van der Waals surface area contributed by atoms with Crippen LogP contribution in [0.15, 0.2) is 48.8 Å². The number of likely N-dealkylation sites (tertiary alicyclic amines) is 1. The van der Waals surface area contributed by atoms with E-state index in [-0.39, 0.29) is 0 Å². The van der Waals surface area contributed by atoms with E-state index >= 15 is 0 Å². The zero-order chi connectivity index (χ0) is 16.8.